The summed E-state index contributed by atoms with van der Waals surface area (Å²) in [6, 6.07) is 15.3. The van der Waals surface area contributed by atoms with Crippen LogP contribution in [0.3, 0.4) is 0 Å². The van der Waals surface area contributed by atoms with Crippen LogP contribution >= 0.6 is 11.6 Å². The third kappa shape index (κ3) is 4.95. The summed E-state index contributed by atoms with van der Waals surface area (Å²) in [5.41, 5.74) is 2.61. The van der Waals surface area contributed by atoms with Gasteiger partial charge in [-0.3, -0.25) is 4.79 Å². The second kappa shape index (κ2) is 9.09. The van der Waals surface area contributed by atoms with Crippen molar-refractivity contribution in [1.82, 2.24) is 10.1 Å². The van der Waals surface area contributed by atoms with E-state index < -0.39 is 0 Å². The highest BCUT2D eigenvalue weighted by Gasteiger charge is 2.15. The van der Waals surface area contributed by atoms with Crippen LogP contribution in [0, 0.1) is 0 Å². The van der Waals surface area contributed by atoms with E-state index in [1.165, 1.54) is 19.3 Å². The molecular formula is C22H23ClN4O2. The third-order valence-electron chi connectivity index (χ3n) is 4.99. The summed E-state index contributed by atoms with van der Waals surface area (Å²) in [5, 5.41) is 7.53. The molecule has 2 aromatic carbocycles. The Kier molecular flexibility index (Phi) is 6.10. The van der Waals surface area contributed by atoms with Crippen LogP contribution in [0.15, 0.2) is 53.1 Å². The van der Waals surface area contributed by atoms with E-state index in [-0.39, 0.29) is 12.3 Å². The number of piperidine rings is 1. The van der Waals surface area contributed by atoms with Crippen molar-refractivity contribution in [2.75, 3.05) is 23.3 Å². The van der Waals surface area contributed by atoms with Gasteiger partial charge in [0.2, 0.25) is 17.6 Å². The van der Waals surface area contributed by atoms with Crippen molar-refractivity contribution in [2.24, 2.45) is 0 Å². The molecule has 29 heavy (non-hydrogen) atoms. The van der Waals surface area contributed by atoms with Gasteiger partial charge in [0, 0.05) is 37.2 Å². The molecule has 0 radical (unpaired) electrons. The van der Waals surface area contributed by atoms with Crippen LogP contribution in [-0.2, 0) is 11.2 Å². The van der Waals surface area contributed by atoms with Crippen molar-refractivity contribution >= 4 is 28.9 Å². The molecule has 0 atom stereocenters. The van der Waals surface area contributed by atoms with E-state index in [9.17, 15) is 4.79 Å². The molecule has 1 aliphatic heterocycles. The monoisotopic (exact) mass is 410 g/mol. The molecule has 3 aromatic rings. The van der Waals surface area contributed by atoms with E-state index in [2.05, 4.69) is 20.4 Å². The fourth-order valence-corrected chi connectivity index (χ4v) is 3.78. The lowest BCUT2D eigenvalue weighted by Crippen LogP contribution is -2.29. The van der Waals surface area contributed by atoms with Crippen LogP contribution in [-0.4, -0.2) is 29.1 Å². The number of hydrogen-bond acceptors (Lipinski definition) is 5. The normalized spacial score (nSPS) is 14.0. The molecule has 150 valence electrons. The lowest BCUT2D eigenvalue weighted by atomic mass is 10.1. The second-order valence-electron chi connectivity index (χ2n) is 7.14. The average Bonchev–Trinajstić information content (AvgIpc) is 3.23. The minimum absolute atomic E-state index is 0.119. The van der Waals surface area contributed by atoms with E-state index in [1.54, 1.807) is 0 Å². The number of rotatable bonds is 6. The first-order valence-electron chi connectivity index (χ1n) is 9.91. The maximum absolute atomic E-state index is 12.3. The molecule has 7 heteroatoms. The molecule has 0 spiro atoms. The highest BCUT2D eigenvalue weighted by Crippen LogP contribution is 2.30. The molecule has 1 fully saturated rings. The van der Waals surface area contributed by atoms with E-state index in [1.807, 2.05) is 48.5 Å². The van der Waals surface area contributed by atoms with Gasteiger partial charge in [-0.05, 0) is 37.5 Å². The van der Waals surface area contributed by atoms with Crippen LogP contribution in [0.1, 0.15) is 31.6 Å². The predicted molar refractivity (Wildman–Crippen MR) is 114 cm³/mol. The molecular weight excluding hydrogens is 388 g/mol. The molecule has 1 amide bonds. The fraction of sp³-hybridized carbons (Fsp3) is 0.318. The summed E-state index contributed by atoms with van der Waals surface area (Å²) in [6.45, 7) is 2.06. The van der Waals surface area contributed by atoms with Crippen molar-refractivity contribution in [3.05, 3.63) is 59.4 Å². The first-order chi connectivity index (χ1) is 14.2. The summed E-state index contributed by atoms with van der Waals surface area (Å²) >= 11 is 6.45. The summed E-state index contributed by atoms with van der Waals surface area (Å²) in [4.78, 5) is 19.0. The Morgan fingerprint density at radius 1 is 1.10 bits per heavy atom. The van der Waals surface area contributed by atoms with Crippen LogP contribution in [0.5, 0.6) is 0 Å². The molecule has 0 unspecified atom stereocenters. The van der Waals surface area contributed by atoms with Gasteiger partial charge in [-0.15, -0.1) is 0 Å². The number of anilines is 2. The van der Waals surface area contributed by atoms with E-state index in [0.717, 1.165) is 24.3 Å². The quantitative estimate of drug-likeness (QED) is 0.622. The lowest BCUT2D eigenvalue weighted by molar-refractivity contribution is -0.116. The van der Waals surface area contributed by atoms with Crippen molar-refractivity contribution in [3.8, 4) is 11.4 Å². The molecule has 1 N–H and O–H groups in total. The SMILES string of the molecule is O=C(CCc1nc(-c2ccccc2)no1)Nc1ccc(N2CCCCC2)c(Cl)c1. The van der Waals surface area contributed by atoms with Crippen molar-refractivity contribution < 1.29 is 9.32 Å². The third-order valence-corrected chi connectivity index (χ3v) is 5.30. The van der Waals surface area contributed by atoms with Gasteiger partial charge >= 0.3 is 0 Å². The Morgan fingerprint density at radius 2 is 1.90 bits per heavy atom. The van der Waals surface area contributed by atoms with Gasteiger partial charge in [0.1, 0.15) is 0 Å². The minimum atomic E-state index is -0.119. The first kappa shape index (κ1) is 19.5. The first-order valence-corrected chi connectivity index (χ1v) is 10.3. The number of halogens is 1. The number of nitrogens with zero attached hydrogens (tertiary/aromatic N) is 3. The van der Waals surface area contributed by atoms with Crippen molar-refractivity contribution in [2.45, 2.75) is 32.1 Å². The van der Waals surface area contributed by atoms with Gasteiger partial charge in [-0.1, -0.05) is 47.1 Å². The van der Waals surface area contributed by atoms with Crippen LogP contribution < -0.4 is 10.2 Å². The molecule has 0 aliphatic carbocycles. The summed E-state index contributed by atoms with van der Waals surface area (Å²) in [7, 11) is 0. The number of carbonyl (C=O) groups excluding carboxylic acids is 1. The van der Waals surface area contributed by atoms with Gasteiger partial charge in [0.05, 0.1) is 10.7 Å². The highest BCUT2D eigenvalue weighted by atomic mass is 35.5. The van der Waals surface area contributed by atoms with Gasteiger partial charge in [-0.2, -0.15) is 4.98 Å². The molecule has 2 heterocycles. The average molecular weight is 411 g/mol. The van der Waals surface area contributed by atoms with E-state index in [0.29, 0.717) is 28.8 Å². The summed E-state index contributed by atoms with van der Waals surface area (Å²) < 4.78 is 5.25. The fourth-order valence-electron chi connectivity index (χ4n) is 3.48. The predicted octanol–water partition coefficient (Wildman–Crippen LogP) is 4.95. The maximum Gasteiger partial charge on any atom is 0.227 e. The molecule has 1 aromatic heterocycles. The second-order valence-corrected chi connectivity index (χ2v) is 7.55. The smallest absolute Gasteiger partial charge is 0.227 e. The zero-order chi connectivity index (χ0) is 20.1. The Bertz CT molecular complexity index is 968. The number of amides is 1. The zero-order valence-electron chi connectivity index (χ0n) is 16.1. The highest BCUT2D eigenvalue weighted by molar-refractivity contribution is 6.33. The topological polar surface area (TPSA) is 71.3 Å². The van der Waals surface area contributed by atoms with Crippen LogP contribution in [0.2, 0.25) is 5.02 Å². The number of carbonyl (C=O) groups is 1. The van der Waals surface area contributed by atoms with Crippen molar-refractivity contribution in [1.29, 1.82) is 0 Å². The molecule has 1 aliphatic rings. The van der Waals surface area contributed by atoms with Crippen LogP contribution in [0.25, 0.3) is 11.4 Å². The molecule has 1 saturated heterocycles. The maximum atomic E-state index is 12.3. The van der Waals surface area contributed by atoms with Crippen LogP contribution in [0.4, 0.5) is 11.4 Å². The van der Waals surface area contributed by atoms with Gasteiger partial charge < -0.3 is 14.7 Å². The molecule has 6 nitrogen and oxygen atoms in total. The minimum Gasteiger partial charge on any atom is -0.370 e. The van der Waals surface area contributed by atoms with E-state index in [4.69, 9.17) is 16.1 Å². The Hall–Kier alpha value is -2.86. The lowest BCUT2D eigenvalue weighted by Gasteiger charge is -2.29. The Balaban J connectivity index is 1.32. The Morgan fingerprint density at radius 3 is 2.66 bits per heavy atom. The number of hydrogen-bond donors (Lipinski definition) is 1. The summed E-state index contributed by atoms with van der Waals surface area (Å²) in [5.74, 6) is 0.852. The number of aryl methyl sites for hydroxylation is 1. The number of nitrogens with one attached hydrogen (secondary N) is 1. The van der Waals surface area contributed by atoms with Gasteiger partial charge in [0.25, 0.3) is 0 Å². The molecule has 0 bridgehead atoms. The molecule has 4 rings (SSSR count). The number of benzene rings is 2. The Labute approximate surface area is 174 Å². The van der Waals surface area contributed by atoms with E-state index >= 15 is 0 Å². The summed E-state index contributed by atoms with van der Waals surface area (Å²) in [6.07, 6.45) is 4.29. The zero-order valence-corrected chi connectivity index (χ0v) is 16.9. The van der Waals surface area contributed by atoms with Gasteiger partial charge in [0.15, 0.2) is 0 Å². The largest absolute Gasteiger partial charge is 0.370 e. The number of aromatic nitrogens is 2. The standard InChI is InChI=1S/C22H23ClN4O2/c23-18-15-17(9-10-19(18)27-13-5-2-6-14-27)24-20(28)11-12-21-25-22(26-29-21)16-7-3-1-4-8-16/h1,3-4,7-10,15H,2,5-6,11-14H2,(H,24,28). The van der Waals surface area contributed by atoms with Crippen molar-refractivity contribution in [3.63, 3.8) is 0 Å². The van der Waals surface area contributed by atoms with Gasteiger partial charge in [-0.25, -0.2) is 0 Å². The molecule has 0 saturated carbocycles.